The van der Waals surface area contributed by atoms with Crippen LogP contribution in [0.3, 0.4) is 0 Å². The maximum atomic E-state index is 5.58. The van der Waals surface area contributed by atoms with Gasteiger partial charge in [-0.05, 0) is 58.7 Å². The number of nitrogens with zero attached hydrogens (tertiary/aromatic N) is 6. The van der Waals surface area contributed by atoms with Gasteiger partial charge in [0.1, 0.15) is 0 Å². The quantitative estimate of drug-likeness (QED) is 0.293. The average molecular weight is 547 g/mol. The van der Waals surface area contributed by atoms with E-state index in [-0.39, 0.29) is 0 Å². The maximum Gasteiger partial charge on any atom is 0.155 e. The minimum Gasteiger partial charge on any atom is -0.379 e. The summed E-state index contributed by atoms with van der Waals surface area (Å²) >= 11 is 1.83. The molecule has 40 heavy (non-hydrogen) atoms. The van der Waals surface area contributed by atoms with Gasteiger partial charge in [-0.1, -0.05) is 23.9 Å². The second-order valence-corrected chi connectivity index (χ2v) is 11.1. The van der Waals surface area contributed by atoms with Crippen molar-refractivity contribution >= 4 is 45.2 Å². The third-order valence-electron chi connectivity index (χ3n) is 7.80. The summed E-state index contributed by atoms with van der Waals surface area (Å²) in [4.78, 5) is 16.3. The molecule has 6 heterocycles. The smallest absolute Gasteiger partial charge is 0.155 e. The van der Waals surface area contributed by atoms with Crippen molar-refractivity contribution in [2.24, 2.45) is 0 Å². The molecular weight excluding hydrogens is 520 g/mol. The monoisotopic (exact) mass is 546 g/mol. The van der Waals surface area contributed by atoms with Gasteiger partial charge in [0.25, 0.3) is 0 Å². The van der Waals surface area contributed by atoms with Crippen LogP contribution in [0.5, 0.6) is 0 Å². The summed E-state index contributed by atoms with van der Waals surface area (Å²) in [6, 6.07) is 17.7. The number of nitrogens with one attached hydrogen (secondary N) is 2. The van der Waals surface area contributed by atoms with E-state index in [2.05, 4.69) is 88.7 Å². The number of fused-ring (bicyclic) bond motifs is 4. The van der Waals surface area contributed by atoms with Crippen LogP contribution >= 0.6 is 11.8 Å². The number of morpholine rings is 1. The minimum atomic E-state index is 0.799. The van der Waals surface area contributed by atoms with E-state index in [1.807, 2.05) is 36.5 Å². The Morgan fingerprint density at radius 1 is 0.725 bits per heavy atom. The van der Waals surface area contributed by atoms with Gasteiger partial charge < -0.3 is 9.64 Å². The van der Waals surface area contributed by atoms with Crippen LogP contribution in [0, 0.1) is 0 Å². The summed E-state index contributed by atoms with van der Waals surface area (Å²) in [5, 5.41) is 16.5. The Labute approximate surface area is 234 Å². The molecule has 1 fully saturated rings. The highest BCUT2D eigenvalue weighted by molar-refractivity contribution is 7.99. The van der Waals surface area contributed by atoms with Gasteiger partial charge in [-0.15, -0.1) is 0 Å². The molecule has 0 amide bonds. The number of hydrogen-bond donors (Lipinski definition) is 2. The zero-order valence-electron chi connectivity index (χ0n) is 21.7. The van der Waals surface area contributed by atoms with Crippen molar-refractivity contribution in [3.8, 4) is 22.3 Å². The van der Waals surface area contributed by atoms with Crippen molar-refractivity contribution in [1.29, 1.82) is 0 Å². The predicted octanol–water partition coefficient (Wildman–Crippen LogP) is 5.50. The molecule has 1 saturated heterocycles. The van der Waals surface area contributed by atoms with Gasteiger partial charge in [-0.2, -0.15) is 10.2 Å². The first kappa shape index (κ1) is 23.6. The molecule has 0 saturated carbocycles. The Balaban J connectivity index is 1.21. The van der Waals surface area contributed by atoms with Crippen molar-refractivity contribution in [1.82, 2.24) is 35.3 Å². The van der Waals surface area contributed by atoms with Gasteiger partial charge in [-0.3, -0.25) is 15.1 Å². The molecule has 0 aliphatic carbocycles. The van der Waals surface area contributed by atoms with E-state index >= 15 is 0 Å². The number of H-pyrrole nitrogens is 2. The highest BCUT2D eigenvalue weighted by Gasteiger charge is 2.26. The van der Waals surface area contributed by atoms with Crippen LogP contribution in [0.4, 0.5) is 11.4 Å². The number of anilines is 2. The summed E-state index contributed by atoms with van der Waals surface area (Å²) < 4.78 is 5.58. The fourth-order valence-corrected chi connectivity index (χ4v) is 6.91. The zero-order chi connectivity index (χ0) is 26.5. The van der Waals surface area contributed by atoms with Crippen molar-refractivity contribution < 1.29 is 4.74 Å². The van der Waals surface area contributed by atoms with Crippen molar-refractivity contribution in [3.05, 3.63) is 73.3 Å². The Hall–Kier alpha value is -4.25. The number of aromatic nitrogens is 6. The summed E-state index contributed by atoms with van der Waals surface area (Å²) in [7, 11) is 0. The number of rotatable bonds is 5. The molecule has 2 aliphatic rings. The maximum absolute atomic E-state index is 5.58. The van der Waals surface area contributed by atoms with E-state index in [1.165, 1.54) is 21.2 Å². The molecule has 0 unspecified atom stereocenters. The molecule has 9 nitrogen and oxygen atoms in total. The van der Waals surface area contributed by atoms with E-state index in [0.717, 1.165) is 83.7 Å². The van der Waals surface area contributed by atoms with E-state index < -0.39 is 0 Å². The van der Waals surface area contributed by atoms with Crippen LogP contribution in [-0.2, 0) is 4.74 Å². The van der Waals surface area contributed by atoms with Crippen LogP contribution in [0.25, 0.3) is 44.3 Å². The summed E-state index contributed by atoms with van der Waals surface area (Å²) in [5.41, 5.74) is 8.63. The van der Waals surface area contributed by atoms with E-state index in [1.54, 1.807) is 0 Å². The molecule has 0 bridgehead atoms. The van der Waals surface area contributed by atoms with E-state index in [4.69, 9.17) is 4.74 Å². The van der Waals surface area contributed by atoms with E-state index in [0.29, 0.717) is 0 Å². The Morgan fingerprint density at radius 2 is 1.30 bits per heavy atom. The number of hydrogen-bond acceptors (Lipinski definition) is 8. The molecule has 0 spiro atoms. The minimum absolute atomic E-state index is 0.799. The SMILES string of the molecule is c1cc(-c2ccc3c(c2)Sc2cc(-c4ccnc5[nH]ncc45)ccc2N3CCN2CCOCC2)c2cn[nH]c2n1. The van der Waals surface area contributed by atoms with Crippen molar-refractivity contribution in [3.63, 3.8) is 0 Å². The highest BCUT2D eigenvalue weighted by Crippen LogP contribution is 2.50. The van der Waals surface area contributed by atoms with Gasteiger partial charge in [0.15, 0.2) is 11.3 Å². The average Bonchev–Trinajstić information content (AvgIpc) is 3.69. The number of pyridine rings is 2. The molecule has 0 atom stereocenters. The van der Waals surface area contributed by atoms with Crippen molar-refractivity contribution in [2.75, 3.05) is 44.3 Å². The Bertz CT molecular complexity index is 1730. The number of benzene rings is 2. The fraction of sp³-hybridized carbons (Fsp3) is 0.200. The number of aromatic amines is 2. The molecule has 2 aromatic carbocycles. The second kappa shape index (κ2) is 9.74. The summed E-state index contributed by atoms with van der Waals surface area (Å²) in [6.07, 6.45) is 7.38. The molecule has 2 N–H and O–H groups in total. The van der Waals surface area contributed by atoms with Crippen molar-refractivity contribution in [2.45, 2.75) is 9.79 Å². The Morgan fingerprint density at radius 3 is 1.88 bits per heavy atom. The first-order valence-electron chi connectivity index (χ1n) is 13.4. The van der Waals surface area contributed by atoms with E-state index in [9.17, 15) is 0 Å². The lowest BCUT2D eigenvalue weighted by Crippen LogP contribution is -2.41. The van der Waals surface area contributed by atoms with Crippen LogP contribution in [0.2, 0.25) is 0 Å². The summed E-state index contributed by atoms with van der Waals surface area (Å²) in [5.74, 6) is 0. The highest BCUT2D eigenvalue weighted by atomic mass is 32.2. The van der Waals surface area contributed by atoms with Gasteiger partial charge in [-0.25, -0.2) is 9.97 Å². The normalized spacial score (nSPS) is 15.4. The van der Waals surface area contributed by atoms with Crippen LogP contribution < -0.4 is 4.90 Å². The first-order chi connectivity index (χ1) is 19.8. The van der Waals surface area contributed by atoms with Gasteiger partial charge in [0.2, 0.25) is 0 Å². The molecule has 10 heteroatoms. The Kier molecular flexibility index (Phi) is 5.75. The number of ether oxygens (including phenoxy) is 1. The largest absolute Gasteiger partial charge is 0.379 e. The van der Waals surface area contributed by atoms with Gasteiger partial charge >= 0.3 is 0 Å². The summed E-state index contributed by atoms with van der Waals surface area (Å²) in [6.45, 7) is 5.45. The predicted molar refractivity (Wildman–Crippen MR) is 157 cm³/mol. The lowest BCUT2D eigenvalue weighted by Gasteiger charge is -2.36. The van der Waals surface area contributed by atoms with Crippen LogP contribution in [-0.4, -0.2) is 74.7 Å². The molecule has 8 rings (SSSR count). The standard InChI is InChI=1S/C30H26N8OS/c1-3-25-27(15-19(1)21-5-7-31-29-23(21)17-33-35-29)40-28-16-20(22-6-8-32-30-24(22)18-34-36-30)2-4-26(28)38(25)10-9-37-11-13-39-14-12-37/h1-8,15-18H,9-14H2,(H,31,33,35)(H,32,34,36). The molecule has 6 aromatic rings. The first-order valence-corrected chi connectivity index (χ1v) is 14.2. The lowest BCUT2D eigenvalue weighted by atomic mass is 10.0. The third kappa shape index (κ3) is 4.03. The molecule has 2 aliphatic heterocycles. The topological polar surface area (TPSA) is 98.9 Å². The second-order valence-electron chi connectivity index (χ2n) is 10.1. The third-order valence-corrected chi connectivity index (χ3v) is 8.89. The lowest BCUT2D eigenvalue weighted by molar-refractivity contribution is 0.0394. The molecule has 198 valence electrons. The molecule has 4 aromatic heterocycles. The van der Waals surface area contributed by atoms with Crippen LogP contribution in [0.15, 0.2) is 83.1 Å². The van der Waals surface area contributed by atoms with Crippen LogP contribution in [0.1, 0.15) is 0 Å². The molecule has 0 radical (unpaired) electrons. The van der Waals surface area contributed by atoms with Gasteiger partial charge in [0, 0.05) is 59.1 Å². The zero-order valence-corrected chi connectivity index (χ0v) is 22.5. The fourth-order valence-electron chi connectivity index (χ4n) is 5.73. The van der Waals surface area contributed by atoms with Gasteiger partial charge in [0.05, 0.1) is 37.0 Å². The molecular formula is C30H26N8OS.